The third-order valence-corrected chi connectivity index (χ3v) is 4.09. The summed E-state index contributed by atoms with van der Waals surface area (Å²) >= 11 is 0. The Morgan fingerprint density at radius 3 is 2.70 bits per heavy atom. The molecule has 0 bridgehead atoms. The predicted octanol–water partition coefficient (Wildman–Crippen LogP) is 1.06. The van der Waals surface area contributed by atoms with Crippen LogP contribution in [0.4, 0.5) is 13.6 Å². The minimum atomic E-state index is -0.947. The highest BCUT2D eigenvalue weighted by atomic mass is 19.1. The van der Waals surface area contributed by atoms with Gasteiger partial charge in [0.1, 0.15) is 17.7 Å². The van der Waals surface area contributed by atoms with Gasteiger partial charge in [0.05, 0.1) is 5.54 Å². The molecular formula is C15H15F2N3O3. The SMILES string of the molecule is O=C1CC[C@@H](C(=O)NC2(c3cc(F)ccc3F)CC2)NC(=O)N1. The van der Waals surface area contributed by atoms with Crippen LogP contribution in [0.15, 0.2) is 18.2 Å². The fourth-order valence-corrected chi connectivity index (χ4v) is 2.70. The van der Waals surface area contributed by atoms with Crippen LogP contribution < -0.4 is 16.0 Å². The van der Waals surface area contributed by atoms with Gasteiger partial charge >= 0.3 is 6.03 Å². The molecule has 1 saturated carbocycles. The number of nitrogens with one attached hydrogen (secondary N) is 3. The summed E-state index contributed by atoms with van der Waals surface area (Å²) in [7, 11) is 0. The van der Waals surface area contributed by atoms with E-state index in [1.54, 1.807) is 0 Å². The zero-order chi connectivity index (χ0) is 16.6. The summed E-state index contributed by atoms with van der Waals surface area (Å²) in [6, 6.07) is 1.47. The Balaban J connectivity index is 1.75. The number of urea groups is 1. The molecule has 1 aromatic carbocycles. The van der Waals surface area contributed by atoms with Gasteiger partial charge in [-0.05, 0) is 37.5 Å². The van der Waals surface area contributed by atoms with Crippen molar-refractivity contribution >= 4 is 17.8 Å². The van der Waals surface area contributed by atoms with Crippen molar-refractivity contribution in [3.63, 3.8) is 0 Å². The number of halogens is 2. The molecule has 0 radical (unpaired) electrons. The first kappa shape index (κ1) is 15.4. The molecule has 4 amide bonds. The Morgan fingerprint density at radius 1 is 1.26 bits per heavy atom. The van der Waals surface area contributed by atoms with E-state index in [0.717, 1.165) is 18.2 Å². The number of rotatable bonds is 3. The van der Waals surface area contributed by atoms with Gasteiger partial charge in [0.15, 0.2) is 0 Å². The van der Waals surface area contributed by atoms with Crippen molar-refractivity contribution in [2.45, 2.75) is 37.3 Å². The maximum atomic E-state index is 13.9. The molecule has 0 unspecified atom stereocenters. The number of carbonyl (C=O) groups is 3. The van der Waals surface area contributed by atoms with Crippen molar-refractivity contribution < 1.29 is 23.2 Å². The highest BCUT2D eigenvalue weighted by molar-refractivity contribution is 5.98. The number of hydrogen-bond acceptors (Lipinski definition) is 3. The Morgan fingerprint density at radius 2 is 2.00 bits per heavy atom. The third-order valence-electron chi connectivity index (χ3n) is 4.09. The minimum absolute atomic E-state index is 0.0259. The molecule has 1 aliphatic carbocycles. The van der Waals surface area contributed by atoms with Gasteiger partial charge in [-0.15, -0.1) is 0 Å². The fraction of sp³-hybridized carbons (Fsp3) is 0.400. The van der Waals surface area contributed by atoms with Crippen LogP contribution in [0.25, 0.3) is 0 Å². The second-order valence-corrected chi connectivity index (χ2v) is 5.81. The lowest BCUT2D eigenvalue weighted by Gasteiger charge is -2.22. The number of hydrogen-bond donors (Lipinski definition) is 3. The number of imide groups is 1. The quantitative estimate of drug-likeness (QED) is 0.777. The second-order valence-electron chi connectivity index (χ2n) is 5.81. The van der Waals surface area contributed by atoms with Gasteiger partial charge in [-0.1, -0.05) is 0 Å². The summed E-state index contributed by atoms with van der Waals surface area (Å²) in [5.41, 5.74) is -0.849. The van der Waals surface area contributed by atoms with Gasteiger partial charge in [-0.3, -0.25) is 14.9 Å². The summed E-state index contributed by atoms with van der Waals surface area (Å²) in [5.74, 6) is -2.16. The summed E-state index contributed by atoms with van der Waals surface area (Å²) in [5, 5.41) is 7.15. The molecule has 3 N–H and O–H groups in total. The van der Waals surface area contributed by atoms with Crippen LogP contribution in [-0.2, 0) is 15.1 Å². The lowest BCUT2D eigenvalue weighted by molar-refractivity contribution is -0.124. The van der Waals surface area contributed by atoms with E-state index in [2.05, 4.69) is 16.0 Å². The zero-order valence-corrected chi connectivity index (χ0v) is 12.1. The summed E-state index contributed by atoms with van der Waals surface area (Å²) in [6.45, 7) is 0. The molecule has 1 saturated heterocycles. The largest absolute Gasteiger partial charge is 0.345 e. The van der Waals surface area contributed by atoms with Crippen LogP contribution >= 0.6 is 0 Å². The molecule has 0 spiro atoms. The van der Waals surface area contributed by atoms with Gasteiger partial charge < -0.3 is 10.6 Å². The van der Waals surface area contributed by atoms with Gasteiger partial charge in [-0.2, -0.15) is 0 Å². The van der Waals surface area contributed by atoms with E-state index in [4.69, 9.17) is 0 Å². The van der Waals surface area contributed by atoms with Crippen molar-refractivity contribution in [2.24, 2.45) is 0 Å². The molecule has 6 nitrogen and oxygen atoms in total. The van der Waals surface area contributed by atoms with E-state index < -0.39 is 41.1 Å². The van der Waals surface area contributed by atoms with Gasteiger partial charge in [0, 0.05) is 12.0 Å². The first-order valence-electron chi connectivity index (χ1n) is 7.27. The second kappa shape index (κ2) is 5.60. The lowest BCUT2D eigenvalue weighted by Crippen LogP contribution is -2.50. The normalized spacial score (nSPS) is 22.6. The van der Waals surface area contributed by atoms with E-state index in [9.17, 15) is 23.2 Å². The van der Waals surface area contributed by atoms with Crippen molar-refractivity contribution in [1.29, 1.82) is 0 Å². The summed E-state index contributed by atoms with van der Waals surface area (Å²) in [6.07, 6.45) is 1.14. The molecule has 1 heterocycles. The maximum Gasteiger partial charge on any atom is 0.322 e. The average molecular weight is 323 g/mol. The van der Waals surface area contributed by atoms with E-state index in [1.165, 1.54) is 0 Å². The minimum Gasteiger partial charge on any atom is -0.345 e. The summed E-state index contributed by atoms with van der Waals surface area (Å²) < 4.78 is 27.3. The van der Waals surface area contributed by atoms with Gasteiger partial charge in [0.2, 0.25) is 11.8 Å². The topological polar surface area (TPSA) is 87.3 Å². The van der Waals surface area contributed by atoms with Crippen molar-refractivity contribution in [3.05, 3.63) is 35.4 Å². The van der Waals surface area contributed by atoms with E-state index in [0.29, 0.717) is 12.8 Å². The van der Waals surface area contributed by atoms with Gasteiger partial charge in [0.25, 0.3) is 0 Å². The van der Waals surface area contributed by atoms with Crippen LogP contribution in [0.1, 0.15) is 31.2 Å². The Bertz CT molecular complexity index is 689. The Kier molecular flexibility index (Phi) is 3.75. The molecule has 2 aliphatic rings. The highest BCUT2D eigenvalue weighted by Gasteiger charge is 2.48. The van der Waals surface area contributed by atoms with Crippen LogP contribution in [0.3, 0.4) is 0 Å². The molecule has 1 aliphatic heterocycles. The average Bonchev–Trinajstić information content (AvgIpc) is 3.27. The molecule has 3 rings (SSSR count). The third kappa shape index (κ3) is 3.15. The number of amides is 4. The molecule has 0 aromatic heterocycles. The predicted molar refractivity (Wildman–Crippen MR) is 75.1 cm³/mol. The zero-order valence-electron chi connectivity index (χ0n) is 12.1. The molecule has 23 heavy (non-hydrogen) atoms. The first-order valence-corrected chi connectivity index (χ1v) is 7.27. The fourth-order valence-electron chi connectivity index (χ4n) is 2.70. The molecule has 2 fully saturated rings. The smallest absolute Gasteiger partial charge is 0.322 e. The Labute approximate surface area is 130 Å². The molecular weight excluding hydrogens is 308 g/mol. The molecule has 8 heteroatoms. The van der Waals surface area contributed by atoms with Crippen LogP contribution in [0.2, 0.25) is 0 Å². The van der Waals surface area contributed by atoms with Crippen LogP contribution in [-0.4, -0.2) is 23.9 Å². The monoisotopic (exact) mass is 323 g/mol. The summed E-state index contributed by atoms with van der Waals surface area (Å²) in [4.78, 5) is 35.0. The maximum absolute atomic E-state index is 13.9. The molecule has 1 atom stereocenters. The van der Waals surface area contributed by atoms with Crippen LogP contribution in [0, 0.1) is 11.6 Å². The lowest BCUT2D eigenvalue weighted by atomic mass is 10.0. The van der Waals surface area contributed by atoms with E-state index in [1.807, 2.05) is 0 Å². The number of benzene rings is 1. The standard InChI is InChI=1S/C15H15F2N3O3/c16-8-1-2-10(17)9(7-8)15(5-6-15)20-13(22)11-3-4-12(21)19-14(23)18-11/h1-2,7,11H,3-6H2,(H,20,22)(H2,18,19,21,23)/t11-/m0/s1. The first-order chi connectivity index (χ1) is 10.9. The van der Waals surface area contributed by atoms with Crippen LogP contribution in [0.5, 0.6) is 0 Å². The molecule has 1 aromatic rings. The number of carbonyl (C=O) groups excluding carboxylic acids is 3. The van der Waals surface area contributed by atoms with Crippen molar-refractivity contribution in [3.8, 4) is 0 Å². The highest BCUT2D eigenvalue weighted by Crippen LogP contribution is 2.46. The van der Waals surface area contributed by atoms with Crippen molar-refractivity contribution in [2.75, 3.05) is 0 Å². The van der Waals surface area contributed by atoms with E-state index in [-0.39, 0.29) is 18.4 Å². The van der Waals surface area contributed by atoms with Crippen molar-refractivity contribution in [1.82, 2.24) is 16.0 Å². The van der Waals surface area contributed by atoms with Gasteiger partial charge in [-0.25, -0.2) is 13.6 Å². The molecule has 122 valence electrons. The van der Waals surface area contributed by atoms with E-state index >= 15 is 0 Å². The Hall–Kier alpha value is -2.51.